The van der Waals surface area contributed by atoms with E-state index in [1.165, 1.54) is 0 Å². The second-order valence-corrected chi connectivity index (χ2v) is 5.47. The molecule has 0 saturated heterocycles. The summed E-state index contributed by atoms with van der Waals surface area (Å²) in [5.41, 5.74) is 4.45. The van der Waals surface area contributed by atoms with Crippen LogP contribution in [0.25, 0.3) is 0 Å². The van der Waals surface area contributed by atoms with Gasteiger partial charge in [-0.05, 0) is 0 Å². The predicted octanol–water partition coefficient (Wildman–Crippen LogP) is -0.793. The van der Waals surface area contributed by atoms with Gasteiger partial charge >= 0.3 is 0 Å². The number of alkyl halides is 1. The molecule has 6 heteroatoms. The van der Waals surface area contributed by atoms with Gasteiger partial charge in [0.25, 0.3) is 0 Å². The summed E-state index contributed by atoms with van der Waals surface area (Å²) in [6, 6.07) is 0. The molecule has 0 aliphatic carbocycles. The van der Waals surface area contributed by atoms with E-state index in [2.05, 4.69) is 0 Å². The van der Waals surface area contributed by atoms with E-state index in [-0.39, 0.29) is 24.8 Å². The lowest BCUT2D eigenvalue weighted by Crippen LogP contribution is -2.42. The molecule has 0 heterocycles. The molecule has 4 nitrogen and oxygen atoms in total. The molecule has 0 fully saturated rings. The van der Waals surface area contributed by atoms with Crippen molar-refractivity contribution in [2.24, 2.45) is 11.1 Å². The number of hydrogen-bond acceptors (Lipinski definition) is 4. The molecule has 12 heavy (non-hydrogen) atoms. The molecule has 0 amide bonds. The van der Waals surface area contributed by atoms with Gasteiger partial charge in [0.1, 0.15) is 9.84 Å². The predicted molar refractivity (Wildman–Crippen MR) is 49.0 cm³/mol. The molecule has 0 aliphatic rings. The van der Waals surface area contributed by atoms with Crippen molar-refractivity contribution in [3.05, 3.63) is 0 Å². The van der Waals surface area contributed by atoms with Crippen molar-refractivity contribution in [2.75, 3.05) is 31.0 Å². The number of hydrogen-bond donors (Lipinski definition) is 2. The Bertz CT molecular complexity index is 215. The third-order valence-electron chi connectivity index (χ3n) is 1.62. The van der Waals surface area contributed by atoms with Gasteiger partial charge < -0.3 is 10.8 Å². The van der Waals surface area contributed by atoms with E-state index >= 15 is 0 Å². The first kappa shape index (κ1) is 12.2. The Balaban J connectivity index is 4.52. The van der Waals surface area contributed by atoms with Gasteiger partial charge in [-0.2, -0.15) is 0 Å². The Labute approximate surface area is 77.6 Å². The summed E-state index contributed by atoms with van der Waals surface area (Å²) in [5.74, 6) is -0.121. The molecule has 0 spiro atoms. The second-order valence-electron chi connectivity index (χ2n) is 3.07. The first-order chi connectivity index (χ1) is 5.39. The van der Waals surface area contributed by atoms with Crippen LogP contribution in [0.3, 0.4) is 0 Å². The maximum Gasteiger partial charge on any atom is 0.148 e. The maximum absolute atomic E-state index is 10.9. The Morgan fingerprint density at radius 3 is 2.17 bits per heavy atom. The van der Waals surface area contributed by atoms with Gasteiger partial charge in [-0.3, -0.25) is 0 Å². The van der Waals surface area contributed by atoms with E-state index in [1.54, 1.807) is 0 Å². The van der Waals surface area contributed by atoms with Crippen LogP contribution in [0.1, 0.15) is 0 Å². The van der Waals surface area contributed by atoms with E-state index in [9.17, 15) is 8.42 Å². The zero-order chi connectivity index (χ0) is 9.83. The molecule has 0 aromatic heterocycles. The largest absolute Gasteiger partial charge is 0.396 e. The topological polar surface area (TPSA) is 80.4 Å². The molecule has 0 rings (SSSR count). The van der Waals surface area contributed by atoms with Gasteiger partial charge in [0.05, 0.1) is 12.4 Å². The minimum atomic E-state index is -3.14. The van der Waals surface area contributed by atoms with Crippen LogP contribution in [-0.2, 0) is 9.84 Å². The molecule has 0 aliphatic heterocycles. The molecular weight excluding hydrogens is 202 g/mol. The van der Waals surface area contributed by atoms with E-state index in [0.717, 1.165) is 6.26 Å². The summed E-state index contributed by atoms with van der Waals surface area (Å²) in [4.78, 5) is 0. The van der Waals surface area contributed by atoms with E-state index in [0.29, 0.717) is 0 Å². The van der Waals surface area contributed by atoms with Crippen LogP contribution in [0, 0.1) is 5.41 Å². The number of sulfone groups is 1. The van der Waals surface area contributed by atoms with Crippen molar-refractivity contribution in [1.29, 1.82) is 0 Å². The van der Waals surface area contributed by atoms with Gasteiger partial charge in [-0.15, -0.1) is 11.6 Å². The molecule has 3 N–H and O–H groups in total. The summed E-state index contributed by atoms with van der Waals surface area (Å²) in [7, 11) is -3.14. The van der Waals surface area contributed by atoms with E-state index < -0.39 is 15.3 Å². The molecule has 0 radical (unpaired) electrons. The Morgan fingerprint density at radius 1 is 1.58 bits per heavy atom. The number of nitrogens with two attached hydrogens (primary N) is 1. The van der Waals surface area contributed by atoms with Crippen LogP contribution in [0.5, 0.6) is 0 Å². The van der Waals surface area contributed by atoms with E-state index in [4.69, 9.17) is 22.4 Å². The van der Waals surface area contributed by atoms with Gasteiger partial charge in [0.2, 0.25) is 0 Å². The standard InChI is InChI=1S/C6H14ClNO3S/c1-12(10,11)5-6(2-7,3-8)4-9/h9H,2-5,8H2,1H3. The number of rotatable bonds is 5. The fourth-order valence-corrected chi connectivity index (χ4v) is 2.68. The van der Waals surface area contributed by atoms with Crippen molar-refractivity contribution in [1.82, 2.24) is 0 Å². The number of aliphatic hydroxyl groups is 1. The SMILES string of the molecule is CS(=O)(=O)CC(CN)(CO)CCl. The smallest absolute Gasteiger partial charge is 0.148 e. The monoisotopic (exact) mass is 215 g/mol. The van der Waals surface area contributed by atoms with Crippen LogP contribution in [0.2, 0.25) is 0 Å². The quantitative estimate of drug-likeness (QED) is 0.589. The normalized spacial score (nSPS) is 17.3. The van der Waals surface area contributed by atoms with Gasteiger partial charge in [0.15, 0.2) is 0 Å². The molecule has 74 valence electrons. The van der Waals surface area contributed by atoms with Crippen LogP contribution in [0.4, 0.5) is 0 Å². The molecule has 1 unspecified atom stereocenters. The van der Waals surface area contributed by atoms with Crippen LogP contribution < -0.4 is 5.73 Å². The second kappa shape index (κ2) is 4.41. The first-order valence-corrected chi connectivity index (χ1v) is 6.03. The Kier molecular flexibility index (Phi) is 4.47. The highest BCUT2D eigenvalue weighted by Crippen LogP contribution is 2.18. The third kappa shape index (κ3) is 3.71. The third-order valence-corrected chi connectivity index (χ3v) is 3.32. The highest BCUT2D eigenvalue weighted by Gasteiger charge is 2.31. The lowest BCUT2D eigenvalue weighted by atomic mass is 9.95. The van der Waals surface area contributed by atoms with Gasteiger partial charge in [0, 0.05) is 24.1 Å². The molecule has 0 aromatic carbocycles. The fraction of sp³-hybridized carbons (Fsp3) is 1.00. The van der Waals surface area contributed by atoms with Gasteiger partial charge in [-0.25, -0.2) is 8.42 Å². The summed E-state index contributed by atoms with van der Waals surface area (Å²) in [6.07, 6.45) is 1.10. The summed E-state index contributed by atoms with van der Waals surface area (Å²) < 4.78 is 21.8. The molecule has 1 atom stereocenters. The van der Waals surface area contributed by atoms with Crippen LogP contribution in [0.15, 0.2) is 0 Å². The minimum Gasteiger partial charge on any atom is -0.396 e. The molecule has 0 aromatic rings. The van der Waals surface area contributed by atoms with Crippen molar-refractivity contribution < 1.29 is 13.5 Å². The van der Waals surface area contributed by atoms with E-state index in [1.807, 2.05) is 0 Å². The van der Waals surface area contributed by atoms with Crippen molar-refractivity contribution in [3.63, 3.8) is 0 Å². The lowest BCUT2D eigenvalue weighted by molar-refractivity contribution is 0.172. The highest BCUT2D eigenvalue weighted by molar-refractivity contribution is 7.90. The average Bonchev–Trinajstić information content (AvgIpc) is 1.99. The van der Waals surface area contributed by atoms with Crippen molar-refractivity contribution in [3.8, 4) is 0 Å². The summed E-state index contributed by atoms with van der Waals surface area (Å²) in [5, 5.41) is 8.91. The summed E-state index contributed by atoms with van der Waals surface area (Å²) >= 11 is 5.53. The average molecular weight is 216 g/mol. The molecule has 0 bridgehead atoms. The maximum atomic E-state index is 10.9. The number of halogens is 1. The summed E-state index contributed by atoms with van der Waals surface area (Å²) in [6.45, 7) is -0.236. The van der Waals surface area contributed by atoms with Crippen molar-refractivity contribution >= 4 is 21.4 Å². The van der Waals surface area contributed by atoms with Crippen LogP contribution in [-0.4, -0.2) is 44.6 Å². The minimum absolute atomic E-state index is 0.0487. The fourth-order valence-electron chi connectivity index (χ4n) is 0.861. The van der Waals surface area contributed by atoms with Crippen molar-refractivity contribution in [2.45, 2.75) is 0 Å². The zero-order valence-electron chi connectivity index (χ0n) is 6.96. The molecule has 0 saturated carbocycles. The molecular formula is C6H14ClNO3S. The highest BCUT2D eigenvalue weighted by atomic mass is 35.5. The van der Waals surface area contributed by atoms with Crippen LogP contribution >= 0.6 is 11.6 Å². The number of aliphatic hydroxyl groups excluding tert-OH is 1. The Morgan fingerprint density at radius 2 is 2.08 bits per heavy atom. The first-order valence-electron chi connectivity index (χ1n) is 3.44. The van der Waals surface area contributed by atoms with Gasteiger partial charge in [-0.1, -0.05) is 0 Å². The Hall–Kier alpha value is 0.160. The zero-order valence-corrected chi connectivity index (χ0v) is 8.53. The lowest BCUT2D eigenvalue weighted by Gasteiger charge is -2.26.